The van der Waals surface area contributed by atoms with Crippen LogP contribution in [-0.4, -0.2) is 46.0 Å². The molecule has 1 amide bonds. The van der Waals surface area contributed by atoms with Crippen molar-refractivity contribution in [3.05, 3.63) is 76.3 Å². The summed E-state index contributed by atoms with van der Waals surface area (Å²) in [4.78, 5) is 25.1. The Labute approximate surface area is 213 Å². The molecule has 0 saturated heterocycles. The number of benzene rings is 3. The maximum absolute atomic E-state index is 12.6. The molecule has 3 aromatic rings. The van der Waals surface area contributed by atoms with E-state index in [1.807, 2.05) is 6.92 Å². The van der Waals surface area contributed by atoms with Gasteiger partial charge >= 0.3 is 5.97 Å². The number of hydrogen-bond donors (Lipinski definition) is 1. The lowest BCUT2D eigenvalue weighted by Crippen LogP contribution is -2.18. The van der Waals surface area contributed by atoms with Gasteiger partial charge in [-0.2, -0.15) is 5.10 Å². The van der Waals surface area contributed by atoms with Crippen LogP contribution in [0, 0.1) is 0 Å². The van der Waals surface area contributed by atoms with Crippen LogP contribution >= 0.6 is 11.6 Å². The van der Waals surface area contributed by atoms with Crippen molar-refractivity contribution in [2.75, 3.05) is 27.9 Å². The van der Waals surface area contributed by atoms with Crippen molar-refractivity contribution in [2.45, 2.75) is 6.92 Å². The summed E-state index contributed by atoms with van der Waals surface area (Å²) in [6, 6.07) is 14.3. The lowest BCUT2D eigenvalue weighted by Gasteiger charge is -2.13. The molecule has 0 unspecified atom stereocenters. The van der Waals surface area contributed by atoms with E-state index in [-0.39, 0.29) is 11.3 Å². The molecule has 36 heavy (non-hydrogen) atoms. The van der Waals surface area contributed by atoms with Crippen molar-refractivity contribution in [2.24, 2.45) is 5.10 Å². The summed E-state index contributed by atoms with van der Waals surface area (Å²) in [5.41, 5.74) is 3.67. The molecule has 9 nitrogen and oxygen atoms in total. The summed E-state index contributed by atoms with van der Waals surface area (Å²) in [6.07, 6.45) is 1.43. The molecule has 0 spiro atoms. The van der Waals surface area contributed by atoms with E-state index >= 15 is 0 Å². The third kappa shape index (κ3) is 6.45. The fourth-order valence-corrected chi connectivity index (χ4v) is 3.27. The van der Waals surface area contributed by atoms with Crippen LogP contribution < -0.4 is 29.1 Å². The maximum atomic E-state index is 12.6. The molecule has 0 aliphatic heterocycles. The van der Waals surface area contributed by atoms with Gasteiger partial charge in [-0.3, -0.25) is 4.79 Å². The Bertz CT molecular complexity index is 1230. The van der Waals surface area contributed by atoms with Crippen molar-refractivity contribution < 1.29 is 33.3 Å². The van der Waals surface area contributed by atoms with Crippen LogP contribution in [0.3, 0.4) is 0 Å². The van der Waals surface area contributed by atoms with Crippen LogP contribution in [0.2, 0.25) is 5.02 Å². The number of rotatable bonds is 10. The molecule has 188 valence electrons. The Hall–Kier alpha value is -4.24. The number of amides is 1. The Morgan fingerprint density at radius 3 is 2.11 bits per heavy atom. The van der Waals surface area contributed by atoms with Gasteiger partial charge in [-0.05, 0) is 67.1 Å². The normalized spacial score (nSPS) is 10.6. The van der Waals surface area contributed by atoms with Gasteiger partial charge in [-0.15, -0.1) is 0 Å². The van der Waals surface area contributed by atoms with E-state index < -0.39 is 11.9 Å². The van der Waals surface area contributed by atoms with Crippen LogP contribution in [0.4, 0.5) is 0 Å². The molecule has 0 bridgehead atoms. The standard InChI is InChI=1S/C26H25ClN2O7/c1-5-35-21-12-16(6-11-20(21)36-26(31)17-7-9-19(27)10-8-17)15-28-29-25(30)18-13-22(32-2)24(34-4)23(14-18)33-3/h6-15H,5H2,1-4H3,(H,29,30)/b28-15-. The average molecular weight is 513 g/mol. The van der Waals surface area contributed by atoms with Gasteiger partial charge in [0.1, 0.15) is 0 Å². The van der Waals surface area contributed by atoms with Crippen LogP contribution in [0.1, 0.15) is 33.2 Å². The van der Waals surface area contributed by atoms with E-state index in [4.69, 9.17) is 35.3 Å². The molecule has 0 aliphatic rings. The van der Waals surface area contributed by atoms with Gasteiger partial charge in [0.25, 0.3) is 5.91 Å². The molecular formula is C26H25ClN2O7. The van der Waals surface area contributed by atoms with Crippen molar-refractivity contribution in [3.8, 4) is 28.7 Å². The number of halogens is 1. The predicted octanol–water partition coefficient (Wildman–Crippen LogP) is 4.75. The quantitative estimate of drug-likeness (QED) is 0.181. The molecule has 10 heteroatoms. The Morgan fingerprint density at radius 2 is 1.53 bits per heavy atom. The predicted molar refractivity (Wildman–Crippen MR) is 135 cm³/mol. The van der Waals surface area contributed by atoms with Crippen LogP contribution in [0.15, 0.2) is 59.7 Å². The molecule has 0 aromatic heterocycles. The van der Waals surface area contributed by atoms with E-state index in [2.05, 4.69) is 10.5 Å². The molecule has 0 atom stereocenters. The molecule has 0 heterocycles. The highest BCUT2D eigenvalue weighted by atomic mass is 35.5. The minimum atomic E-state index is -0.549. The van der Waals surface area contributed by atoms with Gasteiger partial charge < -0.3 is 23.7 Å². The lowest BCUT2D eigenvalue weighted by atomic mass is 10.1. The van der Waals surface area contributed by atoms with Crippen molar-refractivity contribution in [1.82, 2.24) is 5.43 Å². The average Bonchev–Trinajstić information content (AvgIpc) is 2.89. The smallest absolute Gasteiger partial charge is 0.343 e. The van der Waals surface area contributed by atoms with Crippen molar-refractivity contribution >= 4 is 29.7 Å². The molecule has 0 fully saturated rings. The molecule has 1 N–H and O–H groups in total. The van der Waals surface area contributed by atoms with E-state index in [0.717, 1.165) is 0 Å². The van der Waals surface area contributed by atoms with Crippen LogP contribution in [-0.2, 0) is 0 Å². The first kappa shape index (κ1) is 26.4. The summed E-state index contributed by atoms with van der Waals surface area (Å²) >= 11 is 5.87. The Balaban J connectivity index is 1.73. The van der Waals surface area contributed by atoms with E-state index in [1.165, 1.54) is 39.7 Å². The van der Waals surface area contributed by atoms with Crippen LogP contribution in [0.25, 0.3) is 0 Å². The number of ether oxygens (including phenoxy) is 5. The summed E-state index contributed by atoms with van der Waals surface area (Å²) in [5, 5.41) is 4.52. The minimum Gasteiger partial charge on any atom is -0.493 e. The third-order valence-corrected chi connectivity index (χ3v) is 5.11. The first-order chi connectivity index (χ1) is 17.4. The fraction of sp³-hybridized carbons (Fsp3) is 0.192. The number of carbonyl (C=O) groups is 2. The molecule has 0 radical (unpaired) electrons. The van der Waals surface area contributed by atoms with Gasteiger partial charge in [0, 0.05) is 10.6 Å². The first-order valence-electron chi connectivity index (χ1n) is 10.8. The number of methoxy groups -OCH3 is 3. The molecule has 0 aliphatic carbocycles. The maximum Gasteiger partial charge on any atom is 0.343 e. The summed E-state index contributed by atoms with van der Waals surface area (Å²) in [6.45, 7) is 2.16. The number of nitrogens with zero attached hydrogens (tertiary/aromatic N) is 1. The second kappa shape index (κ2) is 12.5. The number of hydrazone groups is 1. The van der Waals surface area contributed by atoms with E-state index in [9.17, 15) is 9.59 Å². The second-order valence-electron chi connectivity index (χ2n) is 7.15. The fourth-order valence-electron chi connectivity index (χ4n) is 3.14. The second-order valence-corrected chi connectivity index (χ2v) is 7.59. The number of nitrogens with one attached hydrogen (secondary N) is 1. The zero-order chi connectivity index (χ0) is 26.1. The zero-order valence-corrected chi connectivity index (χ0v) is 20.9. The summed E-state index contributed by atoms with van der Waals surface area (Å²) in [5.74, 6) is 0.623. The summed E-state index contributed by atoms with van der Waals surface area (Å²) < 4.78 is 26.9. The highest BCUT2D eigenvalue weighted by molar-refractivity contribution is 6.30. The van der Waals surface area contributed by atoms with Gasteiger partial charge in [0.15, 0.2) is 23.0 Å². The SMILES string of the molecule is CCOc1cc(/C=N\NC(=O)c2cc(OC)c(OC)c(OC)c2)ccc1OC(=O)c1ccc(Cl)cc1. The molecular weight excluding hydrogens is 488 g/mol. The third-order valence-electron chi connectivity index (χ3n) is 4.86. The largest absolute Gasteiger partial charge is 0.493 e. The lowest BCUT2D eigenvalue weighted by molar-refractivity contribution is 0.0728. The highest BCUT2D eigenvalue weighted by Crippen LogP contribution is 2.38. The van der Waals surface area contributed by atoms with E-state index in [0.29, 0.717) is 45.8 Å². The first-order valence-corrected chi connectivity index (χ1v) is 11.2. The van der Waals surface area contributed by atoms with Gasteiger partial charge in [-0.25, -0.2) is 10.2 Å². The van der Waals surface area contributed by atoms with Crippen molar-refractivity contribution in [3.63, 3.8) is 0 Å². The highest BCUT2D eigenvalue weighted by Gasteiger charge is 2.17. The minimum absolute atomic E-state index is 0.246. The molecule has 3 aromatic carbocycles. The van der Waals surface area contributed by atoms with Gasteiger partial charge in [0.05, 0.1) is 39.7 Å². The summed E-state index contributed by atoms with van der Waals surface area (Å²) in [7, 11) is 4.40. The van der Waals surface area contributed by atoms with Gasteiger partial charge in [-0.1, -0.05) is 11.6 Å². The van der Waals surface area contributed by atoms with Gasteiger partial charge in [0.2, 0.25) is 5.75 Å². The molecule has 0 saturated carbocycles. The van der Waals surface area contributed by atoms with Crippen LogP contribution in [0.5, 0.6) is 28.7 Å². The molecule has 3 rings (SSSR count). The Kier molecular flexibility index (Phi) is 9.13. The van der Waals surface area contributed by atoms with E-state index in [1.54, 1.807) is 42.5 Å². The zero-order valence-electron chi connectivity index (χ0n) is 20.2. The topological polar surface area (TPSA) is 105 Å². The van der Waals surface area contributed by atoms with Crippen molar-refractivity contribution in [1.29, 1.82) is 0 Å². The number of hydrogen-bond acceptors (Lipinski definition) is 8. The monoisotopic (exact) mass is 512 g/mol. The Morgan fingerprint density at radius 1 is 0.861 bits per heavy atom. The number of esters is 1. The number of carbonyl (C=O) groups excluding carboxylic acids is 2.